The first-order chi connectivity index (χ1) is 35.6. The zero-order valence-electron chi connectivity index (χ0n) is 45.1. The van der Waals surface area contributed by atoms with E-state index in [0.717, 1.165) is 32.1 Å². The number of fused-ring (bicyclic) bond motifs is 7. The molecule has 0 aromatic rings. The van der Waals surface area contributed by atoms with Crippen molar-refractivity contribution in [1.29, 1.82) is 0 Å². The molecule has 0 bridgehead atoms. The van der Waals surface area contributed by atoms with Gasteiger partial charge in [-0.25, -0.2) is 0 Å². The highest BCUT2D eigenvalue weighted by atomic mass is 16.8. The fraction of sp³-hybridized carbons (Fsp3) is 0.944. The van der Waals surface area contributed by atoms with Gasteiger partial charge < -0.3 is 104 Å². The van der Waals surface area contributed by atoms with Gasteiger partial charge in [-0.05, 0) is 116 Å². The molecule has 30 atom stereocenters. The van der Waals surface area contributed by atoms with Gasteiger partial charge in [-0.1, -0.05) is 60.1 Å². The number of hydrogen-bond donors (Lipinski definition) is 13. The number of hydrogen-bond acceptors (Lipinski definition) is 22. The van der Waals surface area contributed by atoms with E-state index in [1.54, 1.807) is 0 Å². The molecule has 4 saturated heterocycles. The van der Waals surface area contributed by atoms with Crippen molar-refractivity contribution in [1.82, 2.24) is 0 Å². The van der Waals surface area contributed by atoms with Gasteiger partial charge in [0.2, 0.25) is 6.29 Å². The molecule has 8 fully saturated rings. The van der Waals surface area contributed by atoms with Crippen LogP contribution in [-0.4, -0.2) is 221 Å². The van der Waals surface area contributed by atoms with Gasteiger partial charge in [-0.15, -0.1) is 0 Å². The van der Waals surface area contributed by atoms with Crippen LogP contribution in [0.3, 0.4) is 0 Å². The number of rotatable bonds is 11. The average molecular weight is 1090 g/mol. The Kier molecular flexibility index (Phi) is 16.8. The third-order valence-corrected chi connectivity index (χ3v) is 21.7. The van der Waals surface area contributed by atoms with Crippen LogP contribution in [-0.2, 0) is 42.7 Å². The van der Waals surface area contributed by atoms with Crippen LogP contribution < -0.4 is 0 Å². The van der Waals surface area contributed by atoms with Crippen LogP contribution in [0.15, 0.2) is 11.6 Å². The zero-order valence-corrected chi connectivity index (χ0v) is 45.1. The summed E-state index contributed by atoms with van der Waals surface area (Å²) in [5.41, 5.74) is -0.761. The van der Waals surface area contributed by atoms with Crippen LogP contribution in [0.5, 0.6) is 0 Å². The lowest BCUT2D eigenvalue weighted by molar-refractivity contribution is -0.361. The summed E-state index contributed by atoms with van der Waals surface area (Å²) >= 11 is 0. The second-order valence-electron chi connectivity index (χ2n) is 25.7. The van der Waals surface area contributed by atoms with Crippen molar-refractivity contribution in [3.8, 4) is 0 Å². The standard InChI is InChI=1S/C54H88O22/c1-22-11-16-54(49(68)76-48-42(66)38(62)35(59)28(73-48)21-69-45-43(67)39(63)44(27(20-56)72-45)75-46-40(64)36(60)33(57)24(3)70-46)18-17-52(7)25(32(54)23(22)2)9-10-30-51(6)14-13-31(50(4,5)29(51)12-15-53(30,52)8)74-47-41(65)37(61)34(58)26(19-55)71-47/h9,22-24,26-48,55-67H,10-21H2,1-8H3/t22-,23+,24+,26-,27-,28-,29?,30?,31+,32+,33+,34-,35-,36-,37+,38+,39-,40-,41-,42-,43-,44-,45-,46+,47+,48+,51+,52-,53-,54+/m1/s1. The fourth-order valence-electron chi connectivity index (χ4n) is 16.6. The van der Waals surface area contributed by atoms with Gasteiger partial charge in [-0.2, -0.15) is 0 Å². The molecule has 4 aliphatic heterocycles. The van der Waals surface area contributed by atoms with Crippen molar-refractivity contribution >= 4 is 5.97 Å². The Morgan fingerprint density at radius 3 is 1.82 bits per heavy atom. The molecule has 9 aliphatic rings. The number of ether oxygens (including phenoxy) is 8. The summed E-state index contributed by atoms with van der Waals surface area (Å²) in [6.07, 6.45) is -22.7. The summed E-state index contributed by atoms with van der Waals surface area (Å²) in [6.45, 7) is 15.5. The molecule has 9 rings (SSSR count). The van der Waals surface area contributed by atoms with E-state index in [-0.39, 0.29) is 57.4 Å². The summed E-state index contributed by atoms with van der Waals surface area (Å²) in [4.78, 5) is 15.2. The van der Waals surface area contributed by atoms with Gasteiger partial charge in [0.05, 0.1) is 37.4 Å². The molecule has 0 aromatic carbocycles. The molecular weight excluding hydrogens is 1000 g/mol. The van der Waals surface area contributed by atoms with E-state index in [0.29, 0.717) is 25.7 Å². The molecule has 76 heavy (non-hydrogen) atoms. The molecule has 436 valence electrons. The highest BCUT2D eigenvalue weighted by Gasteiger charge is 2.70. The van der Waals surface area contributed by atoms with E-state index in [4.69, 9.17) is 37.9 Å². The second kappa shape index (κ2) is 21.6. The Bertz CT molecular complexity index is 2080. The topological polar surface area (TPSA) is 354 Å². The molecule has 13 N–H and O–H groups in total. The summed E-state index contributed by atoms with van der Waals surface area (Å²) in [7, 11) is 0. The van der Waals surface area contributed by atoms with E-state index in [2.05, 4.69) is 54.5 Å². The van der Waals surface area contributed by atoms with Gasteiger partial charge >= 0.3 is 5.97 Å². The van der Waals surface area contributed by atoms with Crippen molar-refractivity contribution in [3.05, 3.63) is 11.6 Å². The zero-order chi connectivity index (χ0) is 55.5. The fourth-order valence-corrected chi connectivity index (χ4v) is 16.6. The first-order valence-corrected chi connectivity index (χ1v) is 27.8. The highest BCUT2D eigenvalue weighted by Crippen LogP contribution is 2.76. The molecule has 2 unspecified atom stereocenters. The van der Waals surface area contributed by atoms with Crippen molar-refractivity contribution in [2.24, 2.45) is 56.7 Å². The van der Waals surface area contributed by atoms with E-state index in [1.165, 1.54) is 12.5 Å². The maximum Gasteiger partial charge on any atom is 0.315 e. The number of esters is 1. The molecule has 22 nitrogen and oxygen atoms in total. The Morgan fingerprint density at radius 1 is 0.579 bits per heavy atom. The van der Waals surface area contributed by atoms with E-state index in [9.17, 15) is 66.4 Å². The third-order valence-electron chi connectivity index (χ3n) is 21.7. The van der Waals surface area contributed by atoms with Crippen molar-refractivity contribution in [2.45, 2.75) is 242 Å². The predicted molar refractivity (Wildman–Crippen MR) is 261 cm³/mol. The summed E-state index contributed by atoms with van der Waals surface area (Å²) < 4.78 is 47.3. The van der Waals surface area contributed by atoms with E-state index in [1.807, 2.05) is 0 Å². The predicted octanol–water partition coefficient (Wildman–Crippen LogP) is -1.15. The number of carbonyl (C=O) groups is 1. The molecule has 0 amide bonds. The van der Waals surface area contributed by atoms with Crippen molar-refractivity contribution in [3.63, 3.8) is 0 Å². The van der Waals surface area contributed by atoms with Gasteiger partial charge in [0.25, 0.3) is 0 Å². The lowest BCUT2D eigenvalue weighted by Gasteiger charge is -2.71. The normalized spacial score (nSPS) is 55.2. The minimum Gasteiger partial charge on any atom is -0.432 e. The van der Waals surface area contributed by atoms with Crippen LogP contribution in [0.4, 0.5) is 0 Å². The highest BCUT2D eigenvalue weighted by molar-refractivity contribution is 5.79. The second-order valence-corrected chi connectivity index (χ2v) is 25.7. The van der Waals surface area contributed by atoms with Crippen LogP contribution >= 0.6 is 0 Å². The number of allylic oxidation sites excluding steroid dienone is 2. The lowest BCUT2D eigenvalue weighted by atomic mass is 9.33. The van der Waals surface area contributed by atoms with E-state index < -0.39 is 154 Å². The average Bonchev–Trinajstić information content (AvgIpc) is 3.38. The Balaban J connectivity index is 0.894. The molecule has 0 radical (unpaired) electrons. The number of aliphatic hydroxyl groups excluding tert-OH is 13. The molecule has 4 saturated carbocycles. The first kappa shape index (κ1) is 59.0. The minimum absolute atomic E-state index is 0.0623. The molecule has 22 heteroatoms. The van der Waals surface area contributed by atoms with Crippen molar-refractivity contribution in [2.75, 3.05) is 19.8 Å². The smallest absolute Gasteiger partial charge is 0.315 e. The summed E-state index contributed by atoms with van der Waals surface area (Å²) in [5.74, 6) is 0.000584. The summed E-state index contributed by atoms with van der Waals surface area (Å²) in [5, 5.41) is 139. The van der Waals surface area contributed by atoms with Crippen LogP contribution in [0, 0.1) is 56.7 Å². The quantitative estimate of drug-likeness (QED) is 0.0660. The first-order valence-electron chi connectivity index (χ1n) is 27.8. The molecule has 5 aliphatic carbocycles. The summed E-state index contributed by atoms with van der Waals surface area (Å²) in [6, 6.07) is 0. The minimum atomic E-state index is -1.87. The lowest BCUT2D eigenvalue weighted by Crippen LogP contribution is -2.66. The molecule has 0 spiro atoms. The SMILES string of the molecule is C[C@H]1[C@H](C)CC[C@]2(C(=O)O[C@@H]3O[C@H](CO[C@@H]4O[C@H](CO)[C@@H](O[C@@H]5O[C@@H](C)[C@H](O)[C@@H](O)[C@H]5O)[C@H](O)[C@H]4O)[C@@H](O)[C@H](O)[C@H]3O)CC[C@]3(C)C(=CCC4[C@@]5(C)CC[C@H](O[C@@H]6O[C@H](CO)[C@@H](O)[C@H](O)[C@H]6O)C(C)(C)C5CC[C@]43C)[C@H]12. The van der Waals surface area contributed by atoms with E-state index >= 15 is 4.79 Å². The number of carbonyl (C=O) groups excluding carboxylic acids is 1. The Hall–Kier alpha value is -1.59. The van der Waals surface area contributed by atoms with Gasteiger partial charge in [0.1, 0.15) is 91.6 Å². The Morgan fingerprint density at radius 2 is 1.16 bits per heavy atom. The third kappa shape index (κ3) is 9.38. The maximum atomic E-state index is 15.2. The van der Waals surface area contributed by atoms with Crippen LogP contribution in [0.2, 0.25) is 0 Å². The monoisotopic (exact) mass is 1090 g/mol. The largest absolute Gasteiger partial charge is 0.432 e. The molecule has 0 aromatic heterocycles. The molecule has 4 heterocycles. The maximum absolute atomic E-state index is 15.2. The van der Waals surface area contributed by atoms with Gasteiger partial charge in [-0.3, -0.25) is 4.79 Å². The van der Waals surface area contributed by atoms with Crippen LogP contribution in [0.25, 0.3) is 0 Å². The van der Waals surface area contributed by atoms with Crippen molar-refractivity contribution < 1.29 is 109 Å². The Labute approximate surface area is 444 Å². The molecular formula is C54H88O22. The van der Waals surface area contributed by atoms with Crippen LogP contribution in [0.1, 0.15) is 113 Å². The van der Waals surface area contributed by atoms with Gasteiger partial charge in [0.15, 0.2) is 18.9 Å². The number of aliphatic hydroxyl groups is 13. The van der Waals surface area contributed by atoms with Gasteiger partial charge in [0, 0.05) is 0 Å².